The first-order valence-corrected chi connectivity index (χ1v) is 5.41. The smallest absolute Gasteiger partial charge is 0.253 e. The molecule has 0 bridgehead atoms. The van der Waals surface area contributed by atoms with Crippen LogP contribution in [0.5, 0.6) is 0 Å². The molecule has 84 valence electrons. The molecule has 0 aromatic rings. The Labute approximate surface area is 85.3 Å². The van der Waals surface area contributed by atoms with Gasteiger partial charge in [-0.25, -0.2) is 8.78 Å². The summed E-state index contributed by atoms with van der Waals surface area (Å²) in [6.45, 7) is 6.58. The highest BCUT2D eigenvalue weighted by Crippen LogP contribution is 2.41. The monoisotopic (exact) mass is 205 g/mol. The highest BCUT2D eigenvalue weighted by molar-refractivity contribution is 4.85. The van der Waals surface area contributed by atoms with E-state index in [-0.39, 0.29) is 12.3 Å². The van der Waals surface area contributed by atoms with Gasteiger partial charge < -0.3 is 5.32 Å². The van der Waals surface area contributed by atoms with Gasteiger partial charge in [-0.1, -0.05) is 20.8 Å². The van der Waals surface area contributed by atoms with E-state index in [0.29, 0.717) is 0 Å². The van der Waals surface area contributed by atoms with Crippen LogP contribution in [0.25, 0.3) is 0 Å². The Morgan fingerprint density at radius 2 is 1.93 bits per heavy atom. The largest absolute Gasteiger partial charge is 0.316 e. The third-order valence-electron chi connectivity index (χ3n) is 3.04. The van der Waals surface area contributed by atoms with Gasteiger partial charge in [0.1, 0.15) is 0 Å². The first-order valence-electron chi connectivity index (χ1n) is 5.41. The lowest BCUT2D eigenvalue weighted by Gasteiger charge is -2.34. The van der Waals surface area contributed by atoms with Crippen LogP contribution in [-0.4, -0.2) is 19.0 Å². The van der Waals surface area contributed by atoms with Gasteiger partial charge in [0.2, 0.25) is 0 Å². The lowest BCUT2D eigenvalue weighted by Crippen LogP contribution is -2.40. The van der Waals surface area contributed by atoms with Crippen LogP contribution in [0, 0.1) is 11.3 Å². The van der Waals surface area contributed by atoms with Gasteiger partial charge in [0.25, 0.3) is 5.92 Å². The fourth-order valence-corrected chi connectivity index (χ4v) is 1.77. The Morgan fingerprint density at radius 1 is 1.29 bits per heavy atom. The van der Waals surface area contributed by atoms with Gasteiger partial charge >= 0.3 is 0 Å². The van der Waals surface area contributed by atoms with Gasteiger partial charge in [-0.05, 0) is 31.8 Å². The number of nitrogens with one attached hydrogen (secondary N) is 1. The molecule has 0 radical (unpaired) electrons. The second-order valence-corrected chi connectivity index (χ2v) is 5.37. The van der Waals surface area contributed by atoms with Crippen molar-refractivity contribution in [1.29, 1.82) is 0 Å². The minimum absolute atomic E-state index is 0.0313. The molecule has 1 nitrogen and oxygen atoms in total. The predicted octanol–water partition coefficient (Wildman–Crippen LogP) is 3.06. The molecule has 0 aromatic carbocycles. The number of halogens is 2. The Kier molecular flexibility index (Phi) is 3.51. The molecule has 1 saturated heterocycles. The first kappa shape index (κ1) is 11.9. The highest BCUT2D eigenvalue weighted by atomic mass is 19.3. The molecular weight excluding hydrogens is 184 g/mol. The van der Waals surface area contributed by atoms with E-state index < -0.39 is 11.3 Å². The van der Waals surface area contributed by atoms with Gasteiger partial charge in [-0.15, -0.1) is 0 Å². The normalized spacial score (nSPS) is 25.1. The van der Waals surface area contributed by atoms with E-state index in [9.17, 15) is 8.78 Å². The van der Waals surface area contributed by atoms with Crippen LogP contribution in [0.4, 0.5) is 8.78 Å². The van der Waals surface area contributed by atoms with Crippen molar-refractivity contribution in [3.05, 3.63) is 0 Å². The minimum Gasteiger partial charge on any atom is -0.316 e. The van der Waals surface area contributed by atoms with Crippen LogP contribution in [0.2, 0.25) is 0 Å². The first-order chi connectivity index (χ1) is 6.33. The number of piperidine rings is 1. The molecule has 1 atom stereocenters. The Balaban J connectivity index is 2.49. The topological polar surface area (TPSA) is 12.0 Å². The highest BCUT2D eigenvalue weighted by Gasteiger charge is 2.44. The van der Waals surface area contributed by atoms with Crippen molar-refractivity contribution in [2.75, 3.05) is 13.1 Å². The van der Waals surface area contributed by atoms with Crippen LogP contribution < -0.4 is 5.32 Å². The lowest BCUT2D eigenvalue weighted by molar-refractivity contribution is -0.114. The molecule has 14 heavy (non-hydrogen) atoms. The Hall–Kier alpha value is -0.180. The van der Waals surface area contributed by atoms with Gasteiger partial charge in [-0.2, -0.15) is 0 Å². The summed E-state index contributed by atoms with van der Waals surface area (Å²) in [4.78, 5) is 0. The molecule has 0 saturated carbocycles. The van der Waals surface area contributed by atoms with E-state index in [1.54, 1.807) is 20.8 Å². The maximum atomic E-state index is 13.7. The summed E-state index contributed by atoms with van der Waals surface area (Å²) in [5.74, 6) is -2.39. The van der Waals surface area contributed by atoms with Crippen LogP contribution in [0.15, 0.2) is 0 Å². The molecule has 1 aliphatic rings. The fraction of sp³-hybridized carbons (Fsp3) is 1.00. The van der Waals surface area contributed by atoms with E-state index in [4.69, 9.17) is 0 Å². The Bertz CT molecular complexity index is 178. The zero-order valence-electron chi connectivity index (χ0n) is 9.37. The van der Waals surface area contributed by atoms with Crippen molar-refractivity contribution in [1.82, 2.24) is 5.32 Å². The molecule has 1 unspecified atom stereocenters. The quantitative estimate of drug-likeness (QED) is 0.730. The number of hydrogen-bond acceptors (Lipinski definition) is 1. The zero-order valence-corrected chi connectivity index (χ0v) is 9.37. The average molecular weight is 205 g/mol. The van der Waals surface area contributed by atoms with Crippen molar-refractivity contribution in [2.24, 2.45) is 11.3 Å². The van der Waals surface area contributed by atoms with Crippen molar-refractivity contribution in [3.8, 4) is 0 Å². The van der Waals surface area contributed by atoms with E-state index in [1.807, 2.05) is 0 Å². The molecular formula is C11H21F2N. The zero-order chi connectivity index (χ0) is 10.8. The Morgan fingerprint density at radius 3 is 2.36 bits per heavy atom. The average Bonchev–Trinajstić information content (AvgIpc) is 2.03. The molecule has 0 aromatic heterocycles. The lowest BCUT2D eigenvalue weighted by atomic mass is 9.80. The van der Waals surface area contributed by atoms with Crippen LogP contribution >= 0.6 is 0 Å². The molecule has 1 aliphatic heterocycles. The van der Waals surface area contributed by atoms with E-state index in [2.05, 4.69) is 5.32 Å². The fourth-order valence-electron chi connectivity index (χ4n) is 1.77. The molecule has 3 heteroatoms. The van der Waals surface area contributed by atoms with E-state index in [0.717, 1.165) is 25.9 Å². The third kappa shape index (κ3) is 2.91. The maximum Gasteiger partial charge on any atom is 0.253 e. The van der Waals surface area contributed by atoms with Crippen molar-refractivity contribution < 1.29 is 8.78 Å². The minimum atomic E-state index is -2.54. The molecule has 1 fully saturated rings. The molecule has 0 spiro atoms. The van der Waals surface area contributed by atoms with Crippen molar-refractivity contribution in [2.45, 2.75) is 46.0 Å². The van der Waals surface area contributed by atoms with Crippen molar-refractivity contribution in [3.63, 3.8) is 0 Å². The summed E-state index contributed by atoms with van der Waals surface area (Å²) in [6, 6.07) is 0. The van der Waals surface area contributed by atoms with Crippen molar-refractivity contribution >= 4 is 0 Å². The molecule has 1 heterocycles. The van der Waals surface area contributed by atoms with E-state index >= 15 is 0 Å². The maximum absolute atomic E-state index is 13.7. The van der Waals surface area contributed by atoms with Crippen LogP contribution in [0.3, 0.4) is 0 Å². The summed E-state index contributed by atoms with van der Waals surface area (Å²) >= 11 is 0. The molecule has 1 rings (SSSR count). The molecule has 0 amide bonds. The van der Waals surface area contributed by atoms with Gasteiger partial charge in [0.05, 0.1) is 0 Å². The van der Waals surface area contributed by atoms with E-state index in [1.165, 1.54) is 0 Å². The molecule has 1 N–H and O–H groups in total. The third-order valence-corrected chi connectivity index (χ3v) is 3.04. The summed E-state index contributed by atoms with van der Waals surface area (Å²) < 4.78 is 27.4. The number of rotatable bonds is 2. The summed E-state index contributed by atoms with van der Waals surface area (Å²) in [5, 5.41) is 3.18. The summed E-state index contributed by atoms with van der Waals surface area (Å²) in [7, 11) is 0. The number of alkyl halides is 2. The summed E-state index contributed by atoms with van der Waals surface area (Å²) in [6.07, 6.45) is 2.01. The van der Waals surface area contributed by atoms with Gasteiger partial charge in [-0.3, -0.25) is 0 Å². The predicted molar refractivity (Wildman–Crippen MR) is 54.6 cm³/mol. The summed E-state index contributed by atoms with van der Waals surface area (Å²) in [5.41, 5.74) is -0.912. The van der Waals surface area contributed by atoms with Gasteiger partial charge in [0.15, 0.2) is 0 Å². The standard InChI is InChI=1S/C11H21F2N/c1-10(2,3)11(12,13)7-9-5-4-6-14-8-9/h9,14H,4-8H2,1-3H3. The van der Waals surface area contributed by atoms with Crippen LogP contribution in [0.1, 0.15) is 40.0 Å². The SMILES string of the molecule is CC(C)(C)C(F)(F)CC1CCCNC1. The second kappa shape index (κ2) is 4.13. The number of hydrogen-bond donors (Lipinski definition) is 1. The second-order valence-electron chi connectivity index (χ2n) is 5.37. The van der Waals surface area contributed by atoms with Gasteiger partial charge in [0, 0.05) is 11.8 Å². The van der Waals surface area contributed by atoms with Crippen LogP contribution in [-0.2, 0) is 0 Å². The molecule has 0 aliphatic carbocycles.